The number of aromatic nitrogens is 2. The van der Waals surface area contributed by atoms with E-state index in [-0.39, 0.29) is 0 Å². The molecule has 1 rings (SSSR count). The molecule has 0 saturated carbocycles. The van der Waals surface area contributed by atoms with Crippen molar-refractivity contribution < 1.29 is 0 Å². The summed E-state index contributed by atoms with van der Waals surface area (Å²) < 4.78 is 0. The molecule has 0 N–H and O–H groups in total. The first-order valence-electron chi connectivity index (χ1n) is 2.55. The van der Waals surface area contributed by atoms with Gasteiger partial charge in [-0.1, -0.05) is 0 Å². The summed E-state index contributed by atoms with van der Waals surface area (Å²) in [4.78, 5) is 8.03. The van der Waals surface area contributed by atoms with Crippen LogP contribution in [0.1, 0.15) is 11.4 Å². The number of nitrogens with zero attached hydrogens (tertiary/aromatic N) is 2. The summed E-state index contributed by atoms with van der Waals surface area (Å²) >= 11 is 0. The van der Waals surface area contributed by atoms with Crippen LogP contribution in [0.2, 0.25) is 0 Å². The quantitative estimate of drug-likeness (QED) is 0.479. The fourth-order valence-electron chi connectivity index (χ4n) is 0.477. The van der Waals surface area contributed by atoms with E-state index in [1.54, 1.807) is 13.1 Å². The topological polar surface area (TPSA) is 25.8 Å². The summed E-state index contributed by atoms with van der Waals surface area (Å²) in [6, 6.07) is 0. The van der Waals surface area contributed by atoms with Gasteiger partial charge in [-0.25, -0.2) is 0 Å². The maximum atomic E-state index is 4.02. The van der Waals surface area contributed by atoms with Crippen LogP contribution in [0.25, 0.3) is 0 Å². The zero-order valence-electron chi connectivity index (χ0n) is 5.05. The third-order valence-corrected chi connectivity index (χ3v) is 1.13. The Morgan fingerprint density at radius 2 is 2.12 bits per heavy atom. The van der Waals surface area contributed by atoms with Gasteiger partial charge in [0.1, 0.15) is 0 Å². The third kappa shape index (κ3) is 0.913. The van der Waals surface area contributed by atoms with Gasteiger partial charge in [0, 0.05) is 0 Å². The van der Waals surface area contributed by atoms with Gasteiger partial charge in [-0.15, -0.1) is 0 Å². The fraction of sp³-hybridized carbons (Fsp3) is 0.400. The van der Waals surface area contributed by atoms with Gasteiger partial charge >= 0.3 is 48.3 Å². The summed E-state index contributed by atoms with van der Waals surface area (Å²) in [6.07, 6.45) is 1.70. The van der Waals surface area contributed by atoms with E-state index in [9.17, 15) is 0 Å². The standard InChI is InChI=1S/C5H7BN2/c1-4-5(2)8-6-3-7-4/h3H,1-2H3. The van der Waals surface area contributed by atoms with Crippen molar-refractivity contribution in [3.8, 4) is 0 Å². The first-order chi connectivity index (χ1) is 3.80. The summed E-state index contributed by atoms with van der Waals surface area (Å²) in [5, 5.41) is 0. The van der Waals surface area contributed by atoms with Crippen molar-refractivity contribution in [1.29, 1.82) is 0 Å². The van der Waals surface area contributed by atoms with E-state index in [0.717, 1.165) is 11.4 Å². The van der Waals surface area contributed by atoms with Crippen LogP contribution in [0.15, 0.2) is 6.09 Å². The molecule has 8 heavy (non-hydrogen) atoms. The Bertz CT molecular complexity index is 167. The predicted octanol–water partition coefficient (Wildman–Crippen LogP) is 0.432. The molecule has 0 aliphatic heterocycles. The Labute approximate surface area is 49.2 Å². The molecule has 1 heterocycles. The Balaban J connectivity index is 3.13. The molecule has 0 amide bonds. The molecule has 3 heteroatoms. The molecule has 0 aliphatic rings. The second kappa shape index (κ2) is 2.03. The molecule has 0 fully saturated rings. The summed E-state index contributed by atoms with van der Waals surface area (Å²) in [6.45, 7) is 3.89. The van der Waals surface area contributed by atoms with Crippen molar-refractivity contribution in [2.45, 2.75) is 13.8 Å². The van der Waals surface area contributed by atoms with Crippen LogP contribution in [0, 0.1) is 13.8 Å². The number of hydrogen-bond acceptors (Lipinski definition) is 2. The van der Waals surface area contributed by atoms with Crippen molar-refractivity contribution in [3.05, 3.63) is 17.5 Å². The number of rotatable bonds is 0. The molecule has 0 saturated heterocycles. The molecule has 0 aliphatic carbocycles. The minimum atomic E-state index is 1.01. The molecule has 1 aromatic heterocycles. The molecule has 2 nitrogen and oxygen atoms in total. The first kappa shape index (κ1) is 5.41. The Kier molecular flexibility index (Phi) is 1.37. The zero-order chi connectivity index (χ0) is 5.98. The van der Waals surface area contributed by atoms with Gasteiger partial charge in [0.05, 0.1) is 0 Å². The monoisotopic (exact) mass is 106 g/mol. The van der Waals surface area contributed by atoms with E-state index < -0.39 is 0 Å². The zero-order valence-corrected chi connectivity index (χ0v) is 5.05. The van der Waals surface area contributed by atoms with E-state index in [2.05, 4.69) is 9.88 Å². The molecular weight excluding hydrogens is 98.9 g/mol. The van der Waals surface area contributed by atoms with Crippen LogP contribution in [0.3, 0.4) is 0 Å². The van der Waals surface area contributed by atoms with Gasteiger partial charge in [-0.2, -0.15) is 0 Å². The molecular formula is C5H7BN2. The Hall–Kier alpha value is -0.725. The normalized spacial score (nSPS) is 8.75. The van der Waals surface area contributed by atoms with Crippen molar-refractivity contribution in [2.75, 3.05) is 0 Å². The molecule has 40 valence electrons. The van der Waals surface area contributed by atoms with E-state index in [4.69, 9.17) is 0 Å². The molecule has 0 atom stereocenters. The third-order valence-electron chi connectivity index (χ3n) is 1.13. The Morgan fingerprint density at radius 1 is 1.38 bits per heavy atom. The van der Waals surface area contributed by atoms with Crippen molar-refractivity contribution in [3.63, 3.8) is 0 Å². The van der Waals surface area contributed by atoms with E-state index in [1.807, 2.05) is 13.8 Å². The van der Waals surface area contributed by atoms with Crippen LogP contribution in [-0.4, -0.2) is 16.9 Å². The average molecular weight is 106 g/mol. The summed E-state index contributed by atoms with van der Waals surface area (Å²) in [5.41, 5.74) is 2.01. The van der Waals surface area contributed by atoms with Gasteiger partial charge in [-0.3, -0.25) is 0 Å². The van der Waals surface area contributed by atoms with E-state index in [0.29, 0.717) is 0 Å². The van der Waals surface area contributed by atoms with Crippen LogP contribution in [0.4, 0.5) is 0 Å². The van der Waals surface area contributed by atoms with E-state index >= 15 is 0 Å². The van der Waals surface area contributed by atoms with Gasteiger partial charge in [0.2, 0.25) is 0 Å². The molecule has 0 unspecified atom stereocenters. The SMILES string of the molecule is Cc1nbcnc1C. The van der Waals surface area contributed by atoms with Gasteiger partial charge in [0.25, 0.3) is 0 Å². The summed E-state index contributed by atoms with van der Waals surface area (Å²) in [7, 11) is 1.70. The molecule has 0 aromatic carbocycles. The van der Waals surface area contributed by atoms with Gasteiger partial charge in [0.15, 0.2) is 0 Å². The van der Waals surface area contributed by atoms with Crippen LogP contribution < -0.4 is 0 Å². The molecule has 1 aromatic rings. The maximum absolute atomic E-state index is 4.02. The second-order valence-electron chi connectivity index (χ2n) is 1.73. The Morgan fingerprint density at radius 3 is 2.50 bits per heavy atom. The van der Waals surface area contributed by atoms with Crippen LogP contribution in [0.5, 0.6) is 0 Å². The fourth-order valence-corrected chi connectivity index (χ4v) is 0.477. The molecule has 0 spiro atoms. The van der Waals surface area contributed by atoms with Crippen molar-refractivity contribution >= 4 is 7.05 Å². The average Bonchev–Trinajstić information content (AvgIpc) is 1.77. The number of aryl methyl sites for hydroxylation is 2. The van der Waals surface area contributed by atoms with Crippen molar-refractivity contribution in [1.82, 2.24) is 9.88 Å². The van der Waals surface area contributed by atoms with Gasteiger partial charge in [-0.05, 0) is 0 Å². The molecule has 0 bridgehead atoms. The van der Waals surface area contributed by atoms with Crippen LogP contribution >= 0.6 is 0 Å². The van der Waals surface area contributed by atoms with E-state index in [1.165, 1.54) is 0 Å². The molecule has 0 radical (unpaired) electrons. The minimum absolute atomic E-state index is 1.01. The second-order valence-corrected chi connectivity index (χ2v) is 1.73. The predicted molar refractivity (Wildman–Crippen MR) is 32.9 cm³/mol. The number of hydrogen-bond donors (Lipinski definition) is 0. The first-order valence-corrected chi connectivity index (χ1v) is 2.55. The van der Waals surface area contributed by atoms with Gasteiger partial charge < -0.3 is 0 Å². The summed E-state index contributed by atoms with van der Waals surface area (Å²) in [5.74, 6) is 0. The van der Waals surface area contributed by atoms with Crippen molar-refractivity contribution in [2.24, 2.45) is 0 Å². The van der Waals surface area contributed by atoms with Crippen LogP contribution in [-0.2, 0) is 0 Å².